The summed E-state index contributed by atoms with van der Waals surface area (Å²) in [5.41, 5.74) is 0. The van der Waals surface area contributed by atoms with Crippen LogP contribution < -0.4 is 0 Å². The molecule has 1 atom stereocenters. The number of esters is 1. The van der Waals surface area contributed by atoms with E-state index in [-0.39, 0.29) is 18.0 Å². The second kappa shape index (κ2) is 6.11. The van der Waals surface area contributed by atoms with Gasteiger partial charge in [0.1, 0.15) is 0 Å². The molecule has 1 aliphatic carbocycles. The molecule has 0 aromatic rings. The van der Waals surface area contributed by atoms with Crippen molar-refractivity contribution in [3.8, 4) is 0 Å². The number of aliphatic hydroxyl groups is 1. The lowest BCUT2D eigenvalue weighted by Crippen LogP contribution is -2.30. The molecule has 15 heavy (non-hydrogen) atoms. The monoisotopic (exact) mass is 214 g/mol. The van der Waals surface area contributed by atoms with E-state index in [1.54, 1.807) is 0 Å². The highest BCUT2D eigenvalue weighted by Crippen LogP contribution is 2.32. The fourth-order valence-electron chi connectivity index (χ4n) is 2.45. The Kier molecular flexibility index (Phi) is 5.09. The van der Waals surface area contributed by atoms with Crippen LogP contribution in [0.3, 0.4) is 0 Å². The van der Waals surface area contributed by atoms with Gasteiger partial charge in [0.15, 0.2) is 0 Å². The molecule has 3 nitrogen and oxygen atoms in total. The van der Waals surface area contributed by atoms with Crippen molar-refractivity contribution in [2.75, 3.05) is 6.61 Å². The summed E-state index contributed by atoms with van der Waals surface area (Å²) >= 11 is 0. The van der Waals surface area contributed by atoms with Crippen LogP contribution in [0.1, 0.15) is 46.0 Å². The van der Waals surface area contributed by atoms with Crippen LogP contribution in [0.5, 0.6) is 0 Å². The first-order valence-electron chi connectivity index (χ1n) is 6.03. The second-order valence-corrected chi connectivity index (χ2v) is 4.34. The number of rotatable bonds is 4. The normalized spacial score (nSPS) is 28.5. The highest BCUT2D eigenvalue weighted by atomic mass is 16.5. The van der Waals surface area contributed by atoms with E-state index >= 15 is 0 Å². The summed E-state index contributed by atoms with van der Waals surface area (Å²) in [7, 11) is 0. The van der Waals surface area contributed by atoms with Gasteiger partial charge in [0.05, 0.1) is 18.6 Å². The third kappa shape index (κ3) is 3.49. The first kappa shape index (κ1) is 12.5. The zero-order valence-electron chi connectivity index (χ0n) is 9.74. The fourth-order valence-corrected chi connectivity index (χ4v) is 2.45. The maximum atomic E-state index is 11.7. The van der Waals surface area contributed by atoms with Crippen molar-refractivity contribution in [3.63, 3.8) is 0 Å². The molecule has 0 saturated heterocycles. The van der Waals surface area contributed by atoms with Gasteiger partial charge in [-0.05, 0) is 44.9 Å². The molecule has 1 N–H and O–H groups in total. The third-order valence-electron chi connectivity index (χ3n) is 3.34. The molecule has 0 aliphatic heterocycles. The van der Waals surface area contributed by atoms with Crippen LogP contribution in [0.4, 0.5) is 0 Å². The Morgan fingerprint density at radius 2 is 1.93 bits per heavy atom. The molecule has 0 bridgehead atoms. The van der Waals surface area contributed by atoms with Crippen molar-refractivity contribution < 1.29 is 14.6 Å². The van der Waals surface area contributed by atoms with Crippen molar-refractivity contribution in [2.45, 2.75) is 52.1 Å². The minimum Gasteiger partial charge on any atom is -0.466 e. The standard InChI is InChI=1S/C12H22O3/c1-3-11(12(14)15-4-2)9-5-7-10(13)8-6-9/h9-11,13H,3-8H2,1-2H3. The van der Waals surface area contributed by atoms with Gasteiger partial charge in [-0.2, -0.15) is 0 Å². The van der Waals surface area contributed by atoms with Crippen molar-refractivity contribution in [2.24, 2.45) is 11.8 Å². The molecule has 1 rings (SSSR count). The molecule has 3 heteroatoms. The SMILES string of the molecule is CCOC(=O)C(CC)C1CCC(O)CC1. The van der Waals surface area contributed by atoms with Crippen molar-refractivity contribution in [1.82, 2.24) is 0 Å². The lowest BCUT2D eigenvalue weighted by molar-refractivity contribution is -0.151. The van der Waals surface area contributed by atoms with Gasteiger partial charge < -0.3 is 9.84 Å². The van der Waals surface area contributed by atoms with Gasteiger partial charge in [0, 0.05) is 0 Å². The predicted molar refractivity (Wildman–Crippen MR) is 58.4 cm³/mol. The lowest BCUT2D eigenvalue weighted by atomic mass is 9.78. The van der Waals surface area contributed by atoms with Gasteiger partial charge in [-0.3, -0.25) is 4.79 Å². The fraction of sp³-hybridized carbons (Fsp3) is 0.917. The van der Waals surface area contributed by atoms with E-state index in [9.17, 15) is 9.90 Å². The highest BCUT2D eigenvalue weighted by molar-refractivity contribution is 5.72. The van der Waals surface area contributed by atoms with E-state index in [1.807, 2.05) is 13.8 Å². The van der Waals surface area contributed by atoms with Crippen molar-refractivity contribution in [3.05, 3.63) is 0 Å². The van der Waals surface area contributed by atoms with E-state index in [2.05, 4.69) is 0 Å². The van der Waals surface area contributed by atoms with Gasteiger partial charge >= 0.3 is 5.97 Å². The maximum absolute atomic E-state index is 11.7. The second-order valence-electron chi connectivity index (χ2n) is 4.34. The number of hydrogen-bond acceptors (Lipinski definition) is 3. The molecule has 1 unspecified atom stereocenters. The summed E-state index contributed by atoms with van der Waals surface area (Å²) in [5, 5.41) is 9.41. The predicted octanol–water partition coefficient (Wildman–Crippen LogP) is 2.13. The Balaban J connectivity index is 2.47. The number of aliphatic hydroxyl groups excluding tert-OH is 1. The van der Waals surface area contributed by atoms with E-state index in [4.69, 9.17) is 4.74 Å². The Morgan fingerprint density at radius 3 is 2.40 bits per heavy atom. The molecule has 1 aliphatic rings. The Labute approximate surface area is 91.8 Å². The minimum atomic E-state index is -0.152. The molecule has 0 aromatic heterocycles. The van der Waals surface area contributed by atoms with Crippen molar-refractivity contribution in [1.29, 1.82) is 0 Å². The molecular formula is C12H22O3. The molecular weight excluding hydrogens is 192 g/mol. The minimum absolute atomic E-state index is 0.0393. The molecule has 0 aromatic carbocycles. The van der Waals surface area contributed by atoms with Crippen molar-refractivity contribution >= 4 is 5.97 Å². The third-order valence-corrected chi connectivity index (χ3v) is 3.34. The largest absolute Gasteiger partial charge is 0.466 e. The molecule has 0 amide bonds. The highest BCUT2D eigenvalue weighted by Gasteiger charge is 2.31. The summed E-state index contributed by atoms with van der Waals surface area (Å²) in [6, 6.07) is 0. The van der Waals surface area contributed by atoms with Gasteiger partial charge in [0.25, 0.3) is 0 Å². The maximum Gasteiger partial charge on any atom is 0.309 e. The quantitative estimate of drug-likeness (QED) is 0.729. The lowest BCUT2D eigenvalue weighted by Gasteiger charge is -2.30. The van der Waals surface area contributed by atoms with Gasteiger partial charge in [-0.15, -0.1) is 0 Å². The van der Waals surface area contributed by atoms with Crippen LogP contribution in [-0.2, 0) is 9.53 Å². The van der Waals surface area contributed by atoms with Crippen LogP contribution in [0.25, 0.3) is 0 Å². The summed E-state index contributed by atoms with van der Waals surface area (Å²) < 4.78 is 5.07. The average molecular weight is 214 g/mol. The summed E-state index contributed by atoms with van der Waals surface area (Å²) in [5.74, 6) is 0.399. The Morgan fingerprint density at radius 1 is 1.33 bits per heavy atom. The van der Waals surface area contributed by atoms with E-state index in [1.165, 1.54) is 0 Å². The first-order valence-corrected chi connectivity index (χ1v) is 6.03. The molecule has 0 heterocycles. The van der Waals surface area contributed by atoms with Crippen LogP contribution in [0.2, 0.25) is 0 Å². The van der Waals surface area contributed by atoms with Crippen LogP contribution >= 0.6 is 0 Å². The molecule has 0 spiro atoms. The van der Waals surface area contributed by atoms with Crippen LogP contribution in [0, 0.1) is 11.8 Å². The summed E-state index contributed by atoms with van der Waals surface area (Å²) in [6.07, 6.45) is 4.28. The van der Waals surface area contributed by atoms with E-state index in [0.29, 0.717) is 12.5 Å². The molecule has 1 fully saturated rings. The first-order chi connectivity index (χ1) is 7.19. The summed E-state index contributed by atoms with van der Waals surface area (Å²) in [4.78, 5) is 11.7. The number of carbonyl (C=O) groups excluding carboxylic acids is 1. The van der Waals surface area contributed by atoms with Gasteiger partial charge in [-0.25, -0.2) is 0 Å². The van der Waals surface area contributed by atoms with E-state index in [0.717, 1.165) is 32.1 Å². The zero-order valence-corrected chi connectivity index (χ0v) is 9.74. The molecule has 0 radical (unpaired) electrons. The van der Waals surface area contributed by atoms with Crippen LogP contribution in [0.15, 0.2) is 0 Å². The van der Waals surface area contributed by atoms with Gasteiger partial charge in [-0.1, -0.05) is 6.92 Å². The number of hydrogen-bond donors (Lipinski definition) is 1. The molecule has 88 valence electrons. The van der Waals surface area contributed by atoms with Crippen LogP contribution in [-0.4, -0.2) is 23.8 Å². The number of ether oxygens (including phenoxy) is 1. The summed E-state index contributed by atoms with van der Waals surface area (Å²) in [6.45, 7) is 4.34. The number of carbonyl (C=O) groups is 1. The van der Waals surface area contributed by atoms with E-state index < -0.39 is 0 Å². The smallest absolute Gasteiger partial charge is 0.309 e. The average Bonchev–Trinajstić information content (AvgIpc) is 2.22. The topological polar surface area (TPSA) is 46.5 Å². The Bertz CT molecular complexity index is 195. The zero-order chi connectivity index (χ0) is 11.3. The molecule has 1 saturated carbocycles. The van der Waals surface area contributed by atoms with Gasteiger partial charge in [0.2, 0.25) is 0 Å². The Hall–Kier alpha value is -0.570.